The van der Waals surface area contributed by atoms with Crippen LogP contribution in [0.3, 0.4) is 0 Å². The molecule has 0 aromatic heterocycles. The van der Waals surface area contributed by atoms with Crippen LogP contribution in [-0.2, 0) is 0 Å². The maximum Gasteiger partial charge on any atom is 0.193 e. The molecule has 0 saturated carbocycles. The Balaban J connectivity index is 2.13. The van der Waals surface area contributed by atoms with Crippen molar-refractivity contribution in [2.75, 3.05) is 13.2 Å². The first-order chi connectivity index (χ1) is 9.20. The highest BCUT2D eigenvalue weighted by atomic mass is 19.1. The smallest absolute Gasteiger partial charge is 0.193 e. The molecule has 2 aromatic rings. The molecule has 0 atom stereocenters. The summed E-state index contributed by atoms with van der Waals surface area (Å²) < 4.78 is 18.1. The lowest BCUT2D eigenvalue weighted by molar-refractivity contribution is 0.103. The van der Waals surface area contributed by atoms with Crippen LogP contribution in [0, 0.1) is 5.82 Å². The number of rotatable bonds is 5. The molecule has 2 N–H and O–H groups in total. The Labute approximate surface area is 110 Å². The molecular weight excluding hydrogens is 245 g/mol. The molecule has 0 fully saturated rings. The predicted octanol–water partition coefficient (Wildman–Crippen LogP) is 2.39. The van der Waals surface area contributed by atoms with E-state index >= 15 is 0 Å². The SMILES string of the molecule is NCCOc1ccc(C(=O)c2ccc(F)cc2)cc1. The van der Waals surface area contributed by atoms with Crippen molar-refractivity contribution < 1.29 is 13.9 Å². The van der Waals surface area contributed by atoms with Crippen molar-refractivity contribution in [3.8, 4) is 5.75 Å². The van der Waals surface area contributed by atoms with Crippen LogP contribution in [0.25, 0.3) is 0 Å². The van der Waals surface area contributed by atoms with E-state index in [1.807, 2.05) is 0 Å². The number of carbonyl (C=O) groups excluding carboxylic acids is 1. The molecule has 0 spiro atoms. The molecule has 19 heavy (non-hydrogen) atoms. The van der Waals surface area contributed by atoms with Gasteiger partial charge >= 0.3 is 0 Å². The minimum Gasteiger partial charge on any atom is -0.492 e. The van der Waals surface area contributed by atoms with Gasteiger partial charge in [-0.25, -0.2) is 4.39 Å². The Morgan fingerprint density at radius 2 is 1.53 bits per heavy atom. The molecule has 0 aliphatic rings. The summed E-state index contributed by atoms with van der Waals surface area (Å²) in [7, 11) is 0. The second-order valence-corrected chi connectivity index (χ2v) is 4.00. The Bertz CT molecular complexity index is 549. The van der Waals surface area contributed by atoms with E-state index in [-0.39, 0.29) is 11.6 Å². The third kappa shape index (κ3) is 3.39. The van der Waals surface area contributed by atoms with Gasteiger partial charge in [-0.05, 0) is 48.5 Å². The van der Waals surface area contributed by atoms with Crippen molar-refractivity contribution in [2.45, 2.75) is 0 Å². The molecule has 2 rings (SSSR count). The molecule has 2 aromatic carbocycles. The Kier molecular flexibility index (Phi) is 4.26. The van der Waals surface area contributed by atoms with E-state index in [2.05, 4.69) is 0 Å². The van der Waals surface area contributed by atoms with Gasteiger partial charge in [-0.2, -0.15) is 0 Å². The molecule has 0 aliphatic heterocycles. The fourth-order valence-electron chi connectivity index (χ4n) is 1.65. The third-order valence-corrected chi connectivity index (χ3v) is 2.61. The lowest BCUT2D eigenvalue weighted by atomic mass is 10.0. The normalized spacial score (nSPS) is 10.2. The minimum atomic E-state index is -0.359. The van der Waals surface area contributed by atoms with Gasteiger partial charge in [0.15, 0.2) is 5.78 Å². The highest BCUT2D eigenvalue weighted by Gasteiger charge is 2.09. The van der Waals surface area contributed by atoms with E-state index < -0.39 is 0 Å². The molecule has 0 heterocycles. The summed E-state index contributed by atoms with van der Waals surface area (Å²) in [6.45, 7) is 0.877. The average Bonchev–Trinajstić information content (AvgIpc) is 2.46. The minimum absolute atomic E-state index is 0.148. The van der Waals surface area contributed by atoms with Crippen LogP contribution < -0.4 is 10.5 Å². The zero-order valence-corrected chi connectivity index (χ0v) is 10.3. The molecule has 0 unspecified atom stereocenters. The zero-order valence-electron chi connectivity index (χ0n) is 10.3. The number of ether oxygens (including phenoxy) is 1. The fourth-order valence-corrected chi connectivity index (χ4v) is 1.65. The monoisotopic (exact) mass is 259 g/mol. The largest absolute Gasteiger partial charge is 0.492 e. The second-order valence-electron chi connectivity index (χ2n) is 4.00. The van der Waals surface area contributed by atoms with Gasteiger partial charge in [0.05, 0.1) is 0 Å². The number of nitrogens with two attached hydrogens (primary N) is 1. The summed E-state index contributed by atoms with van der Waals surface area (Å²) >= 11 is 0. The molecule has 98 valence electrons. The topological polar surface area (TPSA) is 52.3 Å². The van der Waals surface area contributed by atoms with Crippen LogP contribution in [0.5, 0.6) is 5.75 Å². The quantitative estimate of drug-likeness (QED) is 0.839. The number of ketones is 1. The first-order valence-electron chi connectivity index (χ1n) is 5.94. The summed E-state index contributed by atoms with van der Waals surface area (Å²) in [6, 6.07) is 12.3. The van der Waals surface area contributed by atoms with Gasteiger partial charge in [0.2, 0.25) is 0 Å². The van der Waals surface area contributed by atoms with Gasteiger partial charge in [-0.1, -0.05) is 0 Å². The molecular formula is C15H14FNO2. The van der Waals surface area contributed by atoms with Crippen molar-refractivity contribution in [1.82, 2.24) is 0 Å². The highest BCUT2D eigenvalue weighted by Crippen LogP contribution is 2.15. The summed E-state index contributed by atoms with van der Waals surface area (Å²) in [5.74, 6) is 0.161. The van der Waals surface area contributed by atoms with Crippen LogP contribution in [0.1, 0.15) is 15.9 Å². The van der Waals surface area contributed by atoms with Crippen molar-refractivity contribution in [3.63, 3.8) is 0 Å². The van der Waals surface area contributed by atoms with Crippen LogP contribution >= 0.6 is 0 Å². The van der Waals surface area contributed by atoms with E-state index in [9.17, 15) is 9.18 Å². The van der Waals surface area contributed by atoms with E-state index in [1.54, 1.807) is 24.3 Å². The van der Waals surface area contributed by atoms with E-state index in [0.29, 0.717) is 30.0 Å². The molecule has 0 aliphatic carbocycles. The summed E-state index contributed by atoms with van der Waals surface area (Å²) in [5.41, 5.74) is 6.32. The number of hydrogen-bond acceptors (Lipinski definition) is 3. The maximum absolute atomic E-state index is 12.8. The molecule has 4 heteroatoms. The summed E-state index contributed by atoms with van der Waals surface area (Å²) in [6.07, 6.45) is 0. The van der Waals surface area contributed by atoms with E-state index in [4.69, 9.17) is 10.5 Å². The number of halogens is 1. The van der Waals surface area contributed by atoms with Crippen molar-refractivity contribution >= 4 is 5.78 Å². The first-order valence-corrected chi connectivity index (χ1v) is 5.94. The molecule has 0 amide bonds. The highest BCUT2D eigenvalue weighted by molar-refractivity contribution is 6.08. The Hall–Kier alpha value is -2.20. The van der Waals surface area contributed by atoms with Gasteiger partial charge in [0, 0.05) is 17.7 Å². The van der Waals surface area contributed by atoms with Crippen molar-refractivity contribution in [1.29, 1.82) is 0 Å². The molecule has 0 radical (unpaired) electrons. The molecule has 0 bridgehead atoms. The van der Waals surface area contributed by atoms with Gasteiger partial charge in [0.25, 0.3) is 0 Å². The Morgan fingerprint density at radius 1 is 1.00 bits per heavy atom. The number of hydrogen-bond donors (Lipinski definition) is 1. The third-order valence-electron chi connectivity index (χ3n) is 2.61. The van der Waals surface area contributed by atoms with Crippen LogP contribution in [0.2, 0.25) is 0 Å². The van der Waals surface area contributed by atoms with Crippen LogP contribution in [0.4, 0.5) is 4.39 Å². The van der Waals surface area contributed by atoms with Crippen LogP contribution in [0.15, 0.2) is 48.5 Å². The zero-order chi connectivity index (χ0) is 13.7. The van der Waals surface area contributed by atoms with Gasteiger partial charge in [-0.15, -0.1) is 0 Å². The summed E-state index contributed by atoms with van der Waals surface area (Å²) in [4.78, 5) is 12.1. The predicted molar refractivity (Wildman–Crippen MR) is 70.8 cm³/mol. The average molecular weight is 259 g/mol. The molecule has 0 saturated heterocycles. The molecule has 3 nitrogen and oxygen atoms in total. The first kappa shape index (κ1) is 13.2. The van der Waals surface area contributed by atoms with E-state index in [1.165, 1.54) is 24.3 Å². The lowest BCUT2D eigenvalue weighted by Gasteiger charge is -2.05. The lowest BCUT2D eigenvalue weighted by Crippen LogP contribution is -2.10. The van der Waals surface area contributed by atoms with Gasteiger partial charge in [0.1, 0.15) is 18.2 Å². The second kappa shape index (κ2) is 6.11. The fraction of sp³-hybridized carbons (Fsp3) is 0.133. The summed E-state index contributed by atoms with van der Waals surface area (Å²) in [5, 5.41) is 0. The van der Waals surface area contributed by atoms with Crippen molar-refractivity contribution in [2.24, 2.45) is 5.73 Å². The standard InChI is InChI=1S/C15H14FNO2/c16-13-5-1-11(2-6-13)15(18)12-3-7-14(8-4-12)19-10-9-17/h1-8H,9-10,17H2. The van der Waals surface area contributed by atoms with Crippen molar-refractivity contribution in [3.05, 3.63) is 65.5 Å². The number of carbonyl (C=O) groups is 1. The van der Waals surface area contributed by atoms with Crippen LogP contribution in [-0.4, -0.2) is 18.9 Å². The van der Waals surface area contributed by atoms with E-state index in [0.717, 1.165) is 0 Å². The van der Waals surface area contributed by atoms with Gasteiger partial charge in [-0.3, -0.25) is 4.79 Å². The van der Waals surface area contributed by atoms with Gasteiger partial charge < -0.3 is 10.5 Å². The number of benzene rings is 2. The maximum atomic E-state index is 12.8. The Morgan fingerprint density at radius 3 is 2.05 bits per heavy atom.